The molecule has 122 valence electrons. The smallest absolute Gasteiger partial charge is 0.317 e. The zero-order valence-electron chi connectivity index (χ0n) is 13.1. The molecule has 2 N–H and O–H groups in total. The lowest BCUT2D eigenvalue weighted by Gasteiger charge is -2.32. The topological polar surface area (TPSA) is 78.9 Å². The van der Waals surface area contributed by atoms with Gasteiger partial charge >= 0.3 is 12.0 Å². The van der Waals surface area contributed by atoms with Crippen LogP contribution >= 0.6 is 0 Å². The van der Waals surface area contributed by atoms with Gasteiger partial charge in [-0.25, -0.2) is 4.79 Å². The third-order valence-electron chi connectivity index (χ3n) is 3.63. The molecule has 0 bridgehead atoms. The van der Waals surface area contributed by atoms with Gasteiger partial charge in [-0.1, -0.05) is 13.8 Å². The van der Waals surface area contributed by atoms with Crippen molar-refractivity contribution < 1.29 is 19.4 Å². The SMILES string of the molecule is CC(C)CCOCCNC(=O)N1CCCC(CC(=O)O)C1. The summed E-state index contributed by atoms with van der Waals surface area (Å²) in [4.78, 5) is 24.4. The molecule has 1 fully saturated rings. The van der Waals surface area contributed by atoms with Crippen molar-refractivity contribution >= 4 is 12.0 Å². The molecule has 6 heteroatoms. The van der Waals surface area contributed by atoms with E-state index in [1.165, 1.54) is 0 Å². The van der Waals surface area contributed by atoms with Crippen LogP contribution in [0, 0.1) is 11.8 Å². The Morgan fingerprint density at radius 2 is 2.14 bits per heavy atom. The van der Waals surface area contributed by atoms with Crippen molar-refractivity contribution in [2.24, 2.45) is 11.8 Å². The van der Waals surface area contributed by atoms with E-state index in [4.69, 9.17) is 9.84 Å². The second kappa shape index (κ2) is 9.60. The summed E-state index contributed by atoms with van der Waals surface area (Å²) in [6.07, 6.45) is 2.92. The fourth-order valence-corrected chi connectivity index (χ4v) is 2.43. The lowest BCUT2D eigenvalue weighted by Crippen LogP contribution is -2.46. The first-order valence-electron chi connectivity index (χ1n) is 7.81. The number of nitrogens with one attached hydrogen (secondary N) is 1. The van der Waals surface area contributed by atoms with Crippen LogP contribution in [0.25, 0.3) is 0 Å². The van der Waals surface area contributed by atoms with Gasteiger partial charge in [-0.15, -0.1) is 0 Å². The number of piperidine rings is 1. The summed E-state index contributed by atoms with van der Waals surface area (Å²) in [6, 6.07) is -0.113. The Kier molecular flexibility index (Phi) is 8.12. The highest BCUT2D eigenvalue weighted by Crippen LogP contribution is 2.19. The van der Waals surface area contributed by atoms with E-state index in [0.717, 1.165) is 25.9 Å². The molecule has 0 aromatic heterocycles. The third kappa shape index (κ3) is 7.90. The maximum atomic E-state index is 12.0. The van der Waals surface area contributed by atoms with Crippen molar-refractivity contribution in [2.45, 2.75) is 39.5 Å². The molecule has 0 aliphatic carbocycles. The molecular weight excluding hydrogens is 272 g/mol. The Hall–Kier alpha value is -1.30. The van der Waals surface area contributed by atoms with Crippen LogP contribution in [0.2, 0.25) is 0 Å². The van der Waals surface area contributed by atoms with Crippen molar-refractivity contribution in [3.8, 4) is 0 Å². The maximum Gasteiger partial charge on any atom is 0.317 e. The molecule has 0 spiro atoms. The maximum absolute atomic E-state index is 12.0. The Labute approximate surface area is 126 Å². The highest BCUT2D eigenvalue weighted by Gasteiger charge is 2.24. The summed E-state index contributed by atoms with van der Waals surface area (Å²) >= 11 is 0. The number of aliphatic carboxylic acids is 1. The Bertz CT molecular complexity index is 334. The minimum atomic E-state index is -0.791. The van der Waals surface area contributed by atoms with Crippen LogP contribution in [0.3, 0.4) is 0 Å². The number of carboxylic acids is 1. The first-order valence-corrected chi connectivity index (χ1v) is 7.81. The number of hydrogen-bond acceptors (Lipinski definition) is 3. The first-order chi connectivity index (χ1) is 9.99. The summed E-state index contributed by atoms with van der Waals surface area (Å²) in [5, 5.41) is 11.6. The molecule has 21 heavy (non-hydrogen) atoms. The summed E-state index contributed by atoms with van der Waals surface area (Å²) in [5.41, 5.74) is 0. The van der Waals surface area contributed by atoms with Crippen molar-refractivity contribution in [3.05, 3.63) is 0 Å². The average molecular weight is 300 g/mol. The molecule has 2 amide bonds. The van der Waals surface area contributed by atoms with Gasteiger partial charge in [-0.2, -0.15) is 0 Å². The molecule has 0 saturated carbocycles. The number of carbonyl (C=O) groups excluding carboxylic acids is 1. The summed E-state index contributed by atoms with van der Waals surface area (Å²) < 4.78 is 5.45. The number of nitrogens with zero attached hydrogens (tertiary/aromatic N) is 1. The zero-order valence-corrected chi connectivity index (χ0v) is 13.1. The van der Waals surface area contributed by atoms with Gasteiger partial charge in [0, 0.05) is 32.7 Å². The first kappa shape index (κ1) is 17.8. The standard InChI is InChI=1S/C15H28N2O4/c1-12(2)5-8-21-9-6-16-15(20)17-7-3-4-13(11-17)10-14(18)19/h12-13H,3-11H2,1-2H3,(H,16,20)(H,18,19). The van der Waals surface area contributed by atoms with Gasteiger partial charge in [0.25, 0.3) is 0 Å². The van der Waals surface area contributed by atoms with Crippen LogP contribution in [0.5, 0.6) is 0 Å². The van der Waals surface area contributed by atoms with E-state index >= 15 is 0 Å². The van der Waals surface area contributed by atoms with Gasteiger partial charge in [0.05, 0.1) is 6.61 Å². The summed E-state index contributed by atoms with van der Waals surface area (Å²) in [7, 11) is 0. The quantitative estimate of drug-likeness (QED) is 0.672. The Balaban J connectivity index is 2.15. The predicted molar refractivity (Wildman–Crippen MR) is 80.2 cm³/mol. The van der Waals surface area contributed by atoms with E-state index in [1.807, 2.05) is 0 Å². The van der Waals surface area contributed by atoms with Crippen LogP contribution in [0.4, 0.5) is 4.79 Å². The number of carbonyl (C=O) groups is 2. The monoisotopic (exact) mass is 300 g/mol. The third-order valence-corrected chi connectivity index (χ3v) is 3.63. The van der Waals surface area contributed by atoms with Crippen LogP contribution in [0.15, 0.2) is 0 Å². The summed E-state index contributed by atoms with van der Waals surface area (Å²) in [6.45, 7) is 7.27. The minimum absolute atomic E-state index is 0.0734. The number of rotatable bonds is 8. The zero-order chi connectivity index (χ0) is 15.7. The molecule has 6 nitrogen and oxygen atoms in total. The number of urea groups is 1. The van der Waals surface area contributed by atoms with E-state index in [1.54, 1.807) is 4.90 Å². The Morgan fingerprint density at radius 1 is 1.38 bits per heavy atom. The Morgan fingerprint density at radius 3 is 2.81 bits per heavy atom. The lowest BCUT2D eigenvalue weighted by atomic mass is 9.95. The second-order valence-electron chi connectivity index (χ2n) is 6.08. The number of hydrogen-bond donors (Lipinski definition) is 2. The van der Waals surface area contributed by atoms with Crippen molar-refractivity contribution in [1.29, 1.82) is 0 Å². The lowest BCUT2D eigenvalue weighted by molar-refractivity contribution is -0.138. The van der Waals surface area contributed by atoms with Crippen molar-refractivity contribution in [3.63, 3.8) is 0 Å². The van der Waals surface area contributed by atoms with Crippen LogP contribution in [-0.4, -0.2) is 54.9 Å². The van der Waals surface area contributed by atoms with Crippen LogP contribution in [0.1, 0.15) is 39.5 Å². The normalized spacial score (nSPS) is 18.8. The molecule has 1 rings (SSSR count). The molecular formula is C15H28N2O4. The van der Waals surface area contributed by atoms with E-state index in [9.17, 15) is 9.59 Å². The molecule has 0 aromatic rings. The van der Waals surface area contributed by atoms with E-state index in [-0.39, 0.29) is 18.4 Å². The number of amides is 2. The van der Waals surface area contributed by atoms with Gasteiger partial charge in [0.15, 0.2) is 0 Å². The van der Waals surface area contributed by atoms with E-state index in [0.29, 0.717) is 32.2 Å². The molecule has 0 aromatic carbocycles. The van der Waals surface area contributed by atoms with Gasteiger partial charge in [-0.3, -0.25) is 4.79 Å². The molecule has 1 unspecified atom stereocenters. The average Bonchev–Trinajstić information content (AvgIpc) is 2.41. The summed E-state index contributed by atoms with van der Waals surface area (Å²) in [5.74, 6) is -0.0933. The largest absolute Gasteiger partial charge is 0.481 e. The predicted octanol–water partition coefficient (Wildman–Crippen LogP) is 1.95. The number of likely N-dealkylation sites (tertiary alicyclic amines) is 1. The molecule has 1 saturated heterocycles. The van der Waals surface area contributed by atoms with Crippen molar-refractivity contribution in [1.82, 2.24) is 10.2 Å². The number of ether oxygens (including phenoxy) is 1. The number of carboxylic acid groups (broad SMARTS) is 1. The second-order valence-corrected chi connectivity index (χ2v) is 6.08. The molecule has 1 aliphatic rings. The highest BCUT2D eigenvalue weighted by atomic mass is 16.5. The highest BCUT2D eigenvalue weighted by molar-refractivity contribution is 5.74. The van der Waals surface area contributed by atoms with Crippen LogP contribution in [-0.2, 0) is 9.53 Å². The molecule has 1 aliphatic heterocycles. The van der Waals surface area contributed by atoms with Gasteiger partial charge in [-0.05, 0) is 31.1 Å². The van der Waals surface area contributed by atoms with Gasteiger partial charge in [0.1, 0.15) is 0 Å². The van der Waals surface area contributed by atoms with E-state index in [2.05, 4.69) is 19.2 Å². The molecule has 0 radical (unpaired) electrons. The van der Waals surface area contributed by atoms with Crippen molar-refractivity contribution in [2.75, 3.05) is 32.8 Å². The molecule has 1 atom stereocenters. The van der Waals surface area contributed by atoms with Gasteiger partial charge in [0.2, 0.25) is 0 Å². The molecule has 1 heterocycles. The van der Waals surface area contributed by atoms with E-state index < -0.39 is 5.97 Å². The van der Waals surface area contributed by atoms with Crippen LogP contribution < -0.4 is 5.32 Å². The fraction of sp³-hybridized carbons (Fsp3) is 0.867. The minimum Gasteiger partial charge on any atom is -0.481 e. The van der Waals surface area contributed by atoms with Gasteiger partial charge < -0.3 is 20.1 Å². The fourth-order valence-electron chi connectivity index (χ4n) is 2.43.